The molecule has 0 atom stereocenters. The number of Topliss-reactive ketones (excluding diaryl/α,β-unsaturated/α-hetero) is 1. The maximum absolute atomic E-state index is 13.2. The molecule has 31 heavy (non-hydrogen) atoms. The first-order chi connectivity index (χ1) is 14.8. The molecule has 1 N–H and O–H groups in total. The fraction of sp³-hybridized carbons (Fsp3) is 0.125. The fourth-order valence-electron chi connectivity index (χ4n) is 3.69. The van der Waals surface area contributed by atoms with Gasteiger partial charge in [0.15, 0.2) is 6.61 Å². The molecular formula is C24H19FN2O4. The van der Waals surface area contributed by atoms with Crippen molar-refractivity contribution in [1.29, 1.82) is 0 Å². The molecule has 0 aliphatic rings. The second-order valence-corrected chi connectivity index (χ2v) is 7.19. The summed E-state index contributed by atoms with van der Waals surface area (Å²) in [5.74, 6) is -1.46. The van der Waals surface area contributed by atoms with Gasteiger partial charge in [0.2, 0.25) is 11.3 Å². The molecule has 4 aromatic rings. The molecule has 0 fully saturated rings. The summed E-state index contributed by atoms with van der Waals surface area (Å²) in [5, 5.41) is 0.536. The van der Waals surface area contributed by atoms with Gasteiger partial charge in [-0.3, -0.25) is 9.59 Å². The summed E-state index contributed by atoms with van der Waals surface area (Å²) in [6.45, 7) is 3.14. The number of H-pyrrole nitrogens is 1. The predicted octanol–water partition coefficient (Wildman–Crippen LogP) is 4.11. The number of carbonyl (C=O) groups is 2. The van der Waals surface area contributed by atoms with Crippen LogP contribution >= 0.6 is 0 Å². The van der Waals surface area contributed by atoms with Crippen LogP contribution in [-0.4, -0.2) is 27.9 Å². The number of nitrogens with zero attached hydrogens (tertiary/aromatic N) is 1. The third-order valence-electron chi connectivity index (χ3n) is 5.12. The summed E-state index contributed by atoms with van der Waals surface area (Å²) >= 11 is 0. The van der Waals surface area contributed by atoms with Crippen molar-refractivity contribution in [3.63, 3.8) is 0 Å². The third-order valence-corrected chi connectivity index (χ3v) is 5.12. The highest BCUT2D eigenvalue weighted by Gasteiger charge is 2.20. The highest BCUT2D eigenvalue weighted by atomic mass is 19.1. The van der Waals surface area contributed by atoms with Gasteiger partial charge in [-0.05, 0) is 50.2 Å². The molecular weight excluding hydrogens is 399 g/mol. The highest BCUT2D eigenvalue weighted by Crippen LogP contribution is 2.22. The van der Waals surface area contributed by atoms with Crippen molar-refractivity contribution in [1.82, 2.24) is 9.55 Å². The summed E-state index contributed by atoms with van der Waals surface area (Å²) in [6.07, 6.45) is 0. The Morgan fingerprint density at radius 1 is 1.00 bits per heavy atom. The van der Waals surface area contributed by atoms with Gasteiger partial charge in [0.1, 0.15) is 5.82 Å². The quantitative estimate of drug-likeness (QED) is 0.391. The van der Waals surface area contributed by atoms with E-state index in [1.807, 2.05) is 11.5 Å². The lowest BCUT2D eigenvalue weighted by atomic mass is 10.1. The van der Waals surface area contributed by atoms with Crippen LogP contribution in [0.4, 0.5) is 4.39 Å². The molecule has 2 aromatic carbocycles. The topological polar surface area (TPSA) is 81.2 Å². The number of ketones is 1. The van der Waals surface area contributed by atoms with Crippen LogP contribution in [0.3, 0.4) is 0 Å². The SMILES string of the molecule is Cc1cc(C(=O)COC(=O)c2cc(=O)[nH]c3ccccc23)c(C)n1-c1ccc(F)cc1. The van der Waals surface area contributed by atoms with E-state index in [4.69, 9.17) is 4.74 Å². The second kappa shape index (κ2) is 8.02. The van der Waals surface area contributed by atoms with Crippen molar-refractivity contribution in [2.75, 3.05) is 6.61 Å². The summed E-state index contributed by atoms with van der Waals surface area (Å²) in [7, 11) is 0. The lowest BCUT2D eigenvalue weighted by molar-refractivity contribution is 0.0476. The average Bonchev–Trinajstić information content (AvgIpc) is 3.06. The number of fused-ring (bicyclic) bond motifs is 1. The molecule has 0 amide bonds. The van der Waals surface area contributed by atoms with Crippen LogP contribution in [-0.2, 0) is 4.74 Å². The monoisotopic (exact) mass is 418 g/mol. The molecule has 156 valence electrons. The number of carbonyl (C=O) groups excluding carboxylic acids is 2. The molecule has 7 heteroatoms. The summed E-state index contributed by atoms with van der Waals surface area (Å²) in [4.78, 5) is 39.9. The van der Waals surface area contributed by atoms with Crippen molar-refractivity contribution >= 4 is 22.7 Å². The van der Waals surface area contributed by atoms with Gasteiger partial charge >= 0.3 is 5.97 Å². The Morgan fingerprint density at radius 3 is 2.45 bits per heavy atom. The number of para-hydroxylation sites is 1. The van der Waals surface area contributed by atoms with Gasteiger partial charge in [-0.25, -0.2) is 9.18 Å². The lowest BCUT2D eigenvalue weighted by Gasteiger charge is -2.10. The van der Waals surface area contributed by atoms with E-state index in [1.54, 1.807) is 49.4 Å². The zero-order valence-corrected chi connectivity index (χ0v) is 16.9. The molecule has 0 aliphatic heterocycles. The van der Waals surface area contributed by atoms with Crippen LogP contribution < -0.4 is 5.56 Å². The van der Waals surface area contributed by atoms with Crippen molar-refractivity contribution in [3.8, 4) is 5.69 Å². The number of rotatable bonds is 5. The van der Waals surface area contributed by atoms with Crippen LogP contribution in [0.15, 0.2) is 65.5 Å². The number of halogens is 1. The zero-order valence-electron chi connectivity index (χ0n) is 16.9. The standard InChI is InChI=1S/C24H19FN2O4/c1-14-11-19(15(2)27(14)17-9-7-16(25)8-10-17)22(28)13-31-24(30)20-12-23(29)26-21-6-4-3-5-18(20)21/h3-12H,13H2,1-2H3,(H,26,29). The van der Waals surface area contributed by atoms with E-state index in [-0.39, 0.29) is 17.2 Å². The number of hydrogen-bond acceptors (Lipinski definition) is 4. The average molecular weight is 418 g/mol. The zero-order chi connectivity index (χ0) is 22.1. The Kier molecular flexibility index (Phi) is 5.25. The van der Waals surface area contributed by atoms with Crippen LogP contribution in [0.1, 0.15) is 32.1 Å². The van der Waals surface area contributed by atoms with Crippen LogP contribution in [0, 0.1) is 19.7 Å². The smallest absolute Gasteiger partial charge is 0.339 e. The van der Waals surface area contributed by atoms with Crippen LogP contribution in [0.25, 0.3) is 16.6 Å². The van der Waals surface area contributed by atoms with Gasteiger partial charge in [0.25, 0.3) is 0 Å². The fourth-order valence-corrected chi connectivity index (χ4v) is 3.69. The molecule has 0 saturated heterocycles. The molecule has 0 bridgehead atoms. The van der Waals surface area contributed by atoms with Gasteiger partial charge in [-0.15, -0.1) is 0 Å². The summed E-state index contributed by atoms with van der Waals surface area (Å²) in [5.41, 5.74) is 2.76. The number of pyridine rings is 1. The number of hydrogen-bond donors (Lipinski definition) is 1. The Labute approximate surface area is 176 Å². The Bertz CT molecular complexity index is 1370. The maximum Gasteiger partial charge on any atom is 0.339 e. The Hall–Kier alpha value is -4.00. The molecule has 4 rings (SSSR count). The Balaban J connectivity index is 1.56. The van der Waals surface area contributed by atoms with Crippen molar-refractivity contribution in [2.45, 2.75) is 13.8 Å². The maximum atomic E-state index is 13.2. The minimum absolute atomic E-state index is 0.101. The number of nitrogens with one attached hydrogen (secondary N) is 1. The van der Waals surface area contributed by atoms with E-state index in [1.165, 1.54) is 12.1 Å². The second-order valence-electron chi connectivity index (χ2n) is 7.19. The highest BCUT2D eigenvalue weighted by molar-refractivity contribution is 6.05. The van der Waals surface area contributed by atoms with Gasteiger partial charge < -0.3 is 14.3 Å². The largest absolute Gasteiger partial charge is 0.454 e. The number of aromatic nitrogens is 2. The normalized spacial score (nSPS) is 10.9. The molecule has 0 spiro atoms. The molecule has 0 aliphatic carbocycles. The van der Waals surface area contributed by atoms with Crippen LogP contribution in [0.5, 0.6) is 0 Å². The molecule has 0 radical (unpaired) electrons. The lowest BCUT2D eigenvalue weighted by Crippen LogP contribution is -2.17. The summed E-state index contributed by atoms with van der Waals surface area (Å²) < 4.78 is 20.3. The number of aryl methyl sites for hydroxylation is 1. The van der Waals surface area contributed by atoms with E-state index in [2.05, 4.69) is 4.98 Å². The van der Waals surface area contributed by atoms with Gasteiger partial charge in [0.05, 0.1) is 5.56 Å². The first kappa shape index (κ1) is 20.3. The first-order valence-corrected chi connectivity index (χ1v) is 9.62. The number of esters is 1. The minimum atomic E-state index is -0.747. The molecule has 6 nitrogen and oxygen atoms in total. The molecule has 2 aromatic heterocycles. The molecule has 2 heterocycles. The van der Waals surface area contributed by atoms with E-state index < -0.39 is 18.1 Å². The predicted molar refractivity (Wildman–Crippen MR) is 114 cm³/mol. The van der Waals surface area contributed by atoms with E-state index in [0.717, 1.165) is 17.4 Å². The summed E-state index contributed by atoms with van der Waals surface area (Å²) in [6, 6.07) is 15.7. The van der Waals surface area contributed by atoms with Crippen molar-refractivity contribution < 1.29 is 18.7 Å². The number of aromatic amines is 1. The van der Waals surface area contributed by atoms with Crippen molar-refractivity contribution in [2.24, 2.45) is 0 Å². The molecule has 0 saturated carbocycles. The van der Waals surface area contributed by atoms with E-state index >= 15 is 0 Å². The van der Waals surface area contributed by atoms with Crippen LogP contribution in [0.2, 0.25) is 0 Å². The van der Waals surface area contributed by atoms with E-state index in [9.17, 15) is 18.8 Å². The first-order valence-electron chi connectivity index (χ1n) is 9.62. The number of ether oxygens (including phenoxy) is 1. The molecule has 0 unspecified atom stereocenters. The van der Waals surface area contributed by atoms with Gasteiger partial charge in [0, 0.05) is 39.6 Å². The van der Waals surface area contributed by atoms with Gasteiger partial charge in [-0.2, -0.15) is 0 Å². The third kappa shape index (κ3) is 3.90. The van der Waals surface area contributed by atoms with Crippen molar-refractivity contribution in [3.05, 3.63) is 99.3 Å². The van der Waals surface area contributed by atoms with E-state index in [0.29, 0.717) is 22.2 Å². The van der Waals surface area contributed by atoms with Gasteiger partial charge in [-0.1, -0.05) is 18.2 Å². The Morgan fingerprint density at radius 2 is 1.71 bits per heavy atom. The number of benzene rings is 2. The minimum Gasteiger partial charge on any atom is -0.454 e.